The normalized spacial score (nSPS) is 16.7. The molecule has 2 atom stereocenters. The molecule has 0 saturated carbocycles. The van der Waals surface area contributed by atoms with Gasteiger partial charge in [-0.25, -0.2) is 0 Å². The predicted octanol–water partition coefficient (Wildman–Crippen LogP) is 1.04. The Bertz CT molecular complexity index is 727. The summed E-state index contributed by atoms with van der Waals surface area (Å²) in [4.78, 5) is 38.9. The molecule has 8 nitrogen and oxygen atoms in total. The predicted molar refractivity (Wildman–Crippen MR) is 115 cm³/mol. The first-order valence-corrected chi connectivity index (χ1v) is 10.5. The number of ether oxygens (including phenoxy) is 1. The maximum absolute atomic E-state index is 12.5. The molecular weight excluding hydrogens is 384 g/mol. The van der Waals surface area contributed by atoms with Crippen LogP contribution in [0.2, 0.25) is 0 Å². The van der Waals surface area contributed by atoms with E-state index in [4.69, 9.17) is 10.5 Å². The quantitative estimate of drug-likeness (QED) is 0.584. The second-order valence-corrected chi connectivity index (χ2v) is 8.17. The molecular formula is C22H34N4O4. The number of carbonyl (C=O) groups excluding carboxylic acids is 3. The molecule has 0 radical (unpaired) electrons. The van der Waals surface area contributed by atoms with Crippen molar-refractivity contribution in [2.24, 2.45) is 17.6 Å². The molecule has 0 bridgehead atoms. The van der Waals surface area contributed by atoms with Gasteiger partial charge in [0.1, 0.15) is 11.8 Å². The number of hydrogen-bond acceptors (Lipinski definition) is 5. The first kappa shape index (κ1) is 23.7. The number of rotatable bonds is 8. The van der Waals surface area contributed by atoms with Gasteiger partial charge in [-0.1, -0.05) is 26.0 Å². The summed E-state index contributed by atoms with van der Waals surface area (Å²) in [5.41, 5.74) is 6.89. The Kier molecular flexibility index (Phi) is 8.65. The highest BCUT2D eigenvalue weighted by Gasteiger charge is 2.31. The lowest BCUT2D eigenvalue weighted by Crippen LogP contribution is -2.52. The third-order valence-corrected chi connectivity index (χ3v) is 5.56. The van der Waals surface area contributed by atoms with E-state index < -0.39 is 12.1 Å². The van der Waals surface area contributed by atoms with E-state index in [1.165, 1.54) is 0 Å². The largest absolute Gasteiger partial charge is 0.497 e. The first-order valence-electron chi connectivity index (χ1n) is 10.5. The smallest absolute Gasteiger partial charge is 0.242 e. The fourth-order valence-electron chi connectivity index (χ4n) is 3.34. The third kappa shape index (κ3) is 6.45. The average Bonchev–Trinajstić information content (AvgIpc) is 2.76. The maximum Gasteiger partial charge on any atom is 0.242 e. The highest BCUT2D eigenvalue weighted by Crippen LogP contribution is 2.19. The minimum atomic E-state index is -0.634. The van der Waals surface area contributed by atoms with Gasteiger partial charge in [0.05, 0.1) is 13.2 Å². The van der Waals surface area contributed by atoms with Gasteiger partial charge in [0.15, 0.2) is 0 Å². The zero-order valence-electron chi connectivity index (χ0n) is 18.3. The second-order valence-electron chi connectivity index (χ2n) is 8.17. The van der Waals surface area contributed by atoms with Crippen molar-refractivity contribution < 1.29 is 19.1 Å². The summed E-state index contributed by atoms with van der Waals surface area (Å²) in [5.74, 6) is 0.175. The molecule has 1 aliphatic rings. The second kappa shape index (κ2) is 11.0. The summed E-state index contributed by atoms with van der Waals surface area (Å²) < 4.78 is 5.11. The molecule has 1 heterocycles. The number of nitrogens with one attached hydrogen (secondary N) is 2. The topological polar surface area (TPSA) is 114 Å². The number of methoxy groups -OCH3 is 1. The Hall–Kier alpha value is -2.61. The molecule has 0 aliphatic carbocycles. The van der Waals surface area contributed by atoms with Crippen molar-refractivity contribution in [2.45, 2.75) is 52.2 Å². The lowest BCUT2D eigenvalue weighted by molar-refractivity contribution is -0.138. The van der Waals surface area contributed by atoms with Crippen LogP contribution >= 0.6 is 0 Å². The van der Waals surface area contributed by atoms with Gasteiger partial charge in [-0.2, -0.15) is 0 Å². The Labute approximate surface area is 178 Å². The summed E-state index contributed by atoms with van der Waals surface area (Å²) in [6, 6.07) is 6.27. The molecule has 3 amide bonds. The van der Waals surface area contributed by atoms with Gasteiger partial charge in [-0.3, -0.25) is 14.4 Å². The van der Waals surface area contributed by atoms with Crippen molar-refractivity contribution in [2.75, 3.05) is 20.2 Å². The van der Waals surface area contributed by atoms with Crippen molar-refractivity contribution in [1.82, 2.24) is 15.5 Å². The number of hydrogen-bond donors (Lipinski definition) is 3. The molecule has 2 unspecified atom stereocenters. The molecule has 0 aromatic heterocycles. The van der Waals surface area contributed by atoms with Crippen LogP contribution in [0.15, 0.2) is 24.3 Å². The van der Waals surface area contributed by atoms with E-state index in [1.807, 2.05) is 38.1 Å². The van der Waals surface area contributed by atoms with Gasteiger partial charge >= 0.3 is 0 Å². The van der Waals surface area contributed by atoms with E-state index >= 15 is 0 Å². The van der Waals surface area contributed by atoms with Gasteiger partial charge in [-0.15, -0.1) is 0 Å². The molecule has 1 saturated heterocycles. The molecule has 1 aromatic carbocycles. The lowest BCUT2D eigenvalue weighted by Gasteiger charge is -2.34. The van der Waals surface area contributed by atoms with Crippen molar-refractivity contribution in [3.63, 3.8) is 0 Å². The number of piperidine rings is 1. The van der Waals surface area contributed by atoms with Crippen LogP contribution in [0.4, 0.5) is 0 Å². The minimum Gasteiger partial charge on any atom is -0.497 e. The van der Waals surface area contributed by atoms with Crippen LogP contribution in [0.5, 0.6) is 5.75 Å². The van der Waals surface area contributed by atoms with E-state index in [0.29, 0.717) is 32.5 Å². The molecule has 1 aliphatic heterocycles. The molecule has 2 rings (SSSR count). The van der Waals surface area contributed by atoms with Gasteiger partial charge < -0.3 is 26.0 Å². The van der Waals surface area contributed by atoms with Gasteiger partial charge in [0.25, 0.3) is 0 Å². The number of nitrogens with zero attached hydrogens (tertiary/aromatic N) is 1. The Morgan fingerprint density at radius 3 is 2.27 bits per heavy atom. The standard InChI is InChI=1S/C22H34N4O4/c1-14(2)19(23)22(29)26-11-9-17(10-12-26)21(28)25-15(3)20(27)24-13-16-5-7-18(30-4)8-6-16/h5-8,14-15,17,19H,9-13,23H2,1-4H3,(H,24,27)(H,25,28). The van der Waals surface area contributed by atoms with Gasteiger partial charge in [0, 0.05) is 25.6 Å². The molecule has 1 aromatic rings. The Balaban J connectivity index is 1.75. The van der Waals surface area contributed by atoms with E-state index in [0.717, 1.165) is 11.3 Å². The molecule has 166 valence electrons. The fraction of sp³-hybridized carbons (Fsp3) is 0.591. The SMILES string of the molecule is COc1ccc(CNC(=O)C(C)NC(=O)C2CCN(C(=O)C(N)C(C)C)CC2)cc1. The lowest BCUT2D eigenvalue weighted by atomic mass is 9.94. The summed E-state index contributed by atoms with van der Waals surface area (Å²) in [6.45, 7) is 6.90. The van der Waals surface area contributed by atoms with Crippen molar-refractivity contribution in [3.8, 4) is 5.75 Å². The third-order valence-electron chi connectivity index (χ3n) is 5.56. The maximum atomic E-state index is 12.5. The van der Waals surface area contributed by atoms with Crippen molar-refractivity contribution in [3.05, 3.63) is 29.8 Å². The van der Waals surface area contributed by atoms with Gasteiger partial charge in [0.2, 0.25) is 17.7 Å². The molecule has 8 heteroatoms. The minimum absolute atomic E-state index is 0.0601. The zero-order valence-corrected chi connectivity index (χ0v) is 18.3. The number of nitrogens with two attached hydrogens (primary N) is 1. The van der Waals surface area contributed by atoms with E-state index in [2.05, 4.69) is 10.6 Å². The van der Waals surface area contributed by atoms with Crippen LogP contribution in [0.1, 0.15) is 39.2 Å². The molecule has 0 spiro atoms. The first-order chi connectivity index (χ1) is 14.2. The molecule has 4 N–H and O–H groups in total. The number of likely N-dealkylation sites (tertiary alicyclic amines) is 1. The summed E-state index contributed by atoms with van der Waals surface area (Å²) in [5, 5.41) is 5.62. The van der Waals surface area contributed by atoms with E-state index in [1.54, 1.807) is 18.9 Å². The van der Waals surface area contributed by atoms with Gasteiger partial charge in [-0.05, 0) is 43.4 Å². The summed E-state index contributed by atoms with van der Waals surface area (Å²) >= 11 is 0. The van der Waals surface area contributed by atoms with Crippen LogP contribution < -0.4 is 21.1 Å². The number of amides is 3. The van der Waals surface area contributed by atoms with Crippen molar-refractivity contribution in [1.29, 1.82) is 0 Å². The summed E-state index contributed by atoms with van der Waals surface area (Å²) in [7, 11) is 1.60. The van der Waals surface area contributed by atoms with Crippen LogP contribution in [0.25, 0.3) is 0 Å². The zero-order chi connectivity index (χ0) is 22.3. The fourth-order valence-corrected chi connectivity index (χ4v) is 3.34. The van der Waals surface area contributed by atoms with Crippen molar-refractivity contribution >= 4 is 17.7 Å². The average molecular weight is 419 g/mol. The monoisotopic (exact) mass is 418 g/mol. The van der Waals surface area contributed by atoms with E-state index in [9.17, 15) is 14.4 Å². The number of benzene rings is 1. The highest BCUT2D eigenvalue weighted by atomic mass is 16.5. The Morgan fingerprint density at radius 1 is 1.13 bits per heavy atom. The molecule has 1 fully saturated rings. The van der Waals surface area contributed by atoms with Crippen LogP contribution in [0, 0.1) is 11.8 Å². The van der Waals surface area contributed by atoms with E-state index in [-0.39, 0.29) is 29.6 Å². The molecule has 30 heavy (non-hydrogen) atoms. The highest BCUT2D eigenvalue weighted by molar-refractivity contribution is 5.88. The Morgan fingerprint density at radius 2 is 1.73 bits per heavy atom. The number of carbonyl (C=O) groups is 3. The van der Waals surface area contributed by atoms with Crippen LogP contribution in [0.3, 0.4) is 0 Å². The van der Waals surface area contributed by atoms with Crippen LogP contribution in [-0.2, 0) is 20.9 Å². The van der Waals surface area contributed by atoms with Crippen LogP contribution in [-0.4, -0.2) is 54.9 Å². The summed E-state index contributed by atoms with van der Waals surface area (Å²) in [6.07, 6.45) is 1.14.